The Balaban J connectivity index is 1.89. The van der Waals surface area contributed by atoms with Crippen molar-refractivity contribution in [2.75, 3.05) is 5.32 Å². The second kappa shape index (κ2) is 7.06. The lowest BCUT2D eigenvalue weighted by Crippen LogP contribution is -2.37. The van der Waals surface area contributed by atoms with Crippen LogP contribution in [-0.2, 0) is 0 Å². The molecule has 0 aromatic carbocycles. The molecule has 1 aliphatic carbocycles. The van der Waals surface area contributed by atoms with E-state index in [4.69, 9.17) is 23.8 Å². The van der Waals surface area contributed by atoms with Gasteiger partial charge in [0.25, 0.3) is 0 Å². The molecule has 104 valence electrons. The van der Waals surface area contributed by atoms with Gasteiger partial charge in [0.05, 0.1) is 5.02 Å². The zero-order chi connectivity index (χ0) is 13.7. The molecule has 2 rings (SSSR count). The van der Waals surface area contributed by atoms with Gasteiger partial charge in [-0.25, -0.2) is 4.98 Å². The molecule has 1 fully saturated rings. The lowest BCUT2D eigenvalue weighted by atomic mass is 10.1. The van der Waals surface area contributed by atoms with Crippen LogP contribution >= 0.6 is 23.8 Å². The van der Waals surface area contributed by atoms with Crippen LogP contribution in [-0.4, -0.2) is 16.1 Å². The Kier molecular flexibility index (Phi) is 5.40. The summed E-state index contributed by atoms with van der Waals surface area (Å²) in [4.78, 5) is 4.26. The van der Waals surface area contributed by atoms with E-state index in [1.165, 1.54) is 38.5 Å². The molecule has 1 aliphatic rings. The lowest BCUT2D eigenvalue weighted by Gasteiger charge is -2.19. The molecule has 1 aromatic rings. The summed E-state index contributed by atoms with van der Waals surface area (Å²) in [7, 11) is 0. The van der Waals surface area contributed by atoms with Crippen LogP contribution in [0.1, 0.15) is 44.1 Å². The minimum Gasteiger partial charge on any atom is -0.360 e. The molecular weight excluding hydrogens is 278 g/mol. The molecule has 0 spiro atoms. The minimum atomic E-state index is 0.478. The molecule has 0 unspecified atom stereocenters. The summed E-state index contributed by atoms with van der Waals surface area (Å²) >= 11 is 11.5. The zero-order valence-electron chi connectivity index (χ0n) is 11.2. The Labute approximate surface area is 125 Å². The maximum absolute atomic E-state index is 6.13. The van der Waals surface area contributed by atoms with Crippen LogP contribution in [0.15, 0.2) is 12.3 Å². The van der Waals surface area contributed by atoms with Gasteiger partial charge in [0, 0.05) is 12.2 Å². The average Bonchev–Trinajstić information content (AvgIpc) is 2.61. The highest BCUT2D eigenvalue weighted by Gasteiger charge is 2.13. The monoisotopic (exact) mass is 297 g/mol. The van der Waals surface area contributed by atoms with Gasteiger partial charge in [0.2, 0.25) is 0 Å². The molecule has 0 atom stereocenters. The van der Waals surface area contributed by atoms with Crippen molar-refractivity contribution in [3.63, 3.8) is 0 Å². The first-order chi connectivity index (χ1) is 9.15. The number of pyridine rings is 1. The molecule has 19 heavy (non-hydrogen) atoms. The summed E-state index contributed by atoms with van der Waals surface area (Å²) in [5.41, 5.74) is 1.04. The van der Waals surface area contributed by atoms with E-state index >= 15 is 0 Å². The largest absolute Gasteiger partial charge is 0.360 e. The van der Waals surface area contributed by atoms with Crippen molar-refractivity contribution >= 4 is 34.7 Å². The number of rotatable bonds is 2. The van der Waals surface area contributed by atoms with Crippen LogP contribution in [0, 0.1) is 6.92 Å². The van der Waals surface area contributed by atoms with Crippen LogP contribution in [0.3, 0.4) is 0 Å². The van der Waals surface area contributed by atoms with E-state index < -0.39 is 0 Å². The quantitative estimate of drug-likeness (QED) is 0.638. The first kappa shape index (κ1) is 14.5. The summed E-state index contributed by atoms with van der Waals surface area (Å²) in [5, 5.41) is 7.67. The van der Waals surface area contributed by atoms with Gasteiger partial charge in [0.1, 0.15) is 0 Å². The van der Waals surface area contributed by atoms with Gasteiger partial charge in [0.15, 0.2) is 10.9 Å². The van der Waals surface area contributed by atoms with Crippen molar-refractivity contribution in [3.05, 3.63) is 22.8 Å². The number of nitrogens with zero attached hydrogens (tertiary/aromatic N) is 1. The van der Waals surface area contributed by atoms with E-state index in [-0.39, 0.29) is 0 Å². The number of hydrogen-bond acceptors (Lipinski definition) is 2. The fourth-order valence-electron chi connectivity index (χ4n) is 2.38. The van der Waals surface area contributed by atoms with Crippen molar-refractivity contribution in [2.24, 2.45) is 0 Å². The Hall–Kier alpha value is -0.870. The fourth-order valence-corrected chi connectivity index (χ4v) is 2.91. The Morgan fingerprint density at radius 3 is 2.63 bits per heavy atom. The van der Waals surface area contributed by atoms with Gasteiger partial charge in [-0.15, -0.1) is 0 Å². The van der Waals surface area contributed by atoms with Crippen LogP contribution in [0.2, 0.25) is 5.02 Å². The molecule has 1 heterocycles. The highest BCUT2D eigenvalue weighted by molar-refractivity contribution is 7.80. The van der Waals surface area contributed by atoms with Gasteiger partial charge < -0.3 is 10.6 Å². The molecule has 2 N–H and O–H groups in total. The number of aromatic nitrogens is 1. The van der Waals surface area contributed by atoms with Crippen LogP contribution in [0.5, 0.6) is 0 Å². The first-order valence-corrected chi connectivity index (χ1v) is 7.63. The fraction of sp³-hybridized carbons (Fsp3) is 0.571. The smallest absolute Gasteiger partial charge is 0.172 e. The van der Waals surface area contributed by atoms with Gasteiger partial charge in [-0.2, -0.15) is 0 Å². The van der Waals surface area contributed by atoms with Crippen LogP contribution < -0.4 is 10.6 Å². The molecule has 5 heteroatoms. The first-order valence-electron chi connectivity index (χ1n) is 6.85. The molecule has 0 amide bonds. The number of hydrogen-bond donors (Lipinski definition) is 2. The van der Waals surface area contributed by atoms with Crippen molar-refractivity contribution in [3.8, 4) is 0 Å². The topological polar surface area (TPSA) is 37.0 Å². The van der Waals surface area contributed by atoms with Crippen molar-refractivity contribution in [1.82, 2.24) is 10.3 Å². The summed E-state index contributed by atoms with van der Waals surface area (Å²) < 4.78 is 0. The predicted molar refractivity (Wildman–Crippen MR) is 84.8 cm³/mol. The maximum atomic E-state index is 6.13. The Morgan fingerprint density at radius 2 is 2.00 bits per heavy atom. The molecule has 0 radical (unpaired) electrons. The lowest BCUT2D eigenvalue weighted by molar-refractivity contribution is 0.535. The van der Waals surface area contributed by atoms with E-state index in [1.807, 2.05) is 13.0 Å². The van der Waals surface area contributed by atoms with Gasteiger partial charge in [-0.3, -0.25) is 0 Å². The highest BCUT2D eigenvalue weighted by atomic mass is 35.5. The van der Waals surface area contributed by atoms with E-state index in [2.05, 4.69) is 15.6 Å². The molecule has 0 saturated heterocycles. The van der Waals surface area contributed by atoms with Crippen molar-refractivity contribution < 1.29 is 0 Å². The molecule has 0 aliphatic heterocycles. The SMILES string of the molecule is Cc1cnc(NC(=S)NC2CCCCCC2)c(Cl)c1. The second-order valence-corrected chi connectivity index (χ2v) is 5.95. The van der Waals surface area contributed by atoms with Crippen molar-refractivity contribution in [1.29, 1.82) is 0 Å². The summed E-state index contributed by atoms with van der Waals surface area (Å²) in [6.07, 6.45) is 9.40. The van der Waals surface area contributed by atoms with Crippen molar-refractivity contribution in [2.45, 2.75) is 51.5 Å². The third-order valence-corrected chi connectivity index (χ3v) is 3.91. The number of aryl methyl sites for hydroxylation is 1. The summed E-state index contributed by atoms with van der Waals surface area (Å²) in [6, 6.07) is 2.36. The zero-order valence-corrected chi connectivity index (χ0v) is 12.8. The van der Waals surface area contributed by atoms with Crippen LogP contribution in [0.25, 0.3) is 0 Å². The molecule has 3 nitrogen and oxygen atoms in total. The van der Waals surface area contributed by atoms with Gasteiger partial charge >= 0.3 is 0 Å². The summed E-state index contributed by atoms with van der Waals surface area (Å²) in [5.74, 6) is 0.624. The third kappa shape index (κ3) is 4.62. The molecular formula is C14H20ClN3S. The number of anilines is 1. The Morgan fingerprint density at radius 1 is 1.32 bits per heavy atom. The van der Waals surface area contributed by atoms with E-state index in [0.717, 1.165) is 5.56 Å². The number of thiocarbonyl (C=S) groups is 1. The maximum Gasteiger partial charge on any atom is 0.172 e. The third-order valence-electron chi connectivity index (χ3n) is 3.40. The van der Waals surface area contributed by atoms with Gasteiger partial charge in [-0.1, -0.05) is 37.3 Å². The normalized spacial score (nSPS) is 16.7. The predicted octanol–water partition coefficient (Wildman–Crippen LogP) is 4.05. The number of nitrogens with one attached hydrogen (secondary N) is 2. The summed E-state index contributed by atoms with van der Waals surface area (Å²) in [6.45, 7) is 1.96. The Bertz CT molecular complexity index is 442. The van der Waals surface area contributed by atoms with E-state index in [0.29, 0.717) is 22.0 Å². The molecule has 1 aromatic heterocycles. The molecule has 0 bridgehead atoms. The van der Waals surface area contributed by atoms with Gasteiger partial charge in [-0.05, 0) is 43.6 Å². The second-order valence-electron chi connectivity index (χ2n) is 5.13. The number of halogens is 1. The standard InChI is InChI=1S/C14H20ClN3S/c1-10-8-12(15)13(16-9-10)18-14(19)17-11-6-4-2-3-5-7-11/h8-9,11H,2-7H2,1H3,(H2,16,17,18,19). The molecule has 1 saturated carbocycles. The highest BCUT2D eigenvalue weighted by Crippen LogP contribution is 2.20. The minimum absolute atomic E-state index is 0.478. The van der Waals surface area contributed by atoms with E-state index in [1.54, 1.807) is 6.20 Å². The van der Waals surface area contributed by atoms with Crippen LogP contribution in [0.4, 0.5) is 5.82 Å². The average molecular weight is 298 g/mol. The van der Waals surface area contributed by atoms with E-state index in [9.17, 15) is 0 Å².